The molecule has 216 valence electrons. The minimum absolute atomic E-state index is 0.0414. The van der Waals surface area contributed by atoms with Gasteiger partial charge in [0.2, 0.25) is 0 Å². The van der Waals surface area contributed by atoms with Crippen molar-refractivity contribution in [1.29, 1.82) is 0 Å². The summed E-state index contributed by atoms with van der Waals surface area (Å²) in [6, 6.07) is 54.2. The lowest BCUT2D eigenvalue weighted by molar-refractivity contribution is 0.751. The number of amidine groups is 1. The number of nitrogens with zero attached hydrogens (tertiary/aromatic N) is 2. The molecular formula is C43H29N3. The van der Waals surface area contributed by atoms with E-state index in [1.165, 1.54) is 43.6 Å². The molecule has 0 saturated heterocycles. The molecule has 0 fully saturated rings. The van der Waals surface area contributed by atoms with E-state index in [-0.39, 0.29) is 6.04 Å². The Morgan fingerprint density at radius 2 is 1.17 bits per heavy atom. The standard InChI is InChI=1S/C43H29N3/c1-2-12-29(13-3-1)41-39-21-20-28-11-4-7-17-36(28)42(39)46-43(45-41)34-24-32(31-15-10-22-44-27-31)23-33(25-34)40-26-30-14-5-6-16-35(30)37-18-8-9-19-38(37)40/h1-27,41H,(H,45,46). The lowest BCUT2D eigenvalue weighted by Crippen LogP contribution is -2.33. The number of benzene rings is 7. The maximum absolute atomic E-state index is 5.39. The molecule has 1 unspecified atom stereocenters. The van der Waals surface area contributed by atoms with Crippen molar-refractivity contribution in [1.82, 2.24) is 10.3 Å². The van der Waals surface area contributed by atoms with Crippen LogP contribution in [0.3, 0.4) is 0 Å². The highest BCUT2D eigenvalue weighted by atomic mass is 15.1. The average Bonchev–Trinajstić information content (AvgIpc) is 3.14. The fourth-order valence-electron chi connectivity index (χ4n) is 6.96. The average molecular weight is 588 g/mol. The van der Waals surface area contributed by atoms with Gasteiger partial charge in [-0.05, 0) is 79.5 Å². The van der Waals surface area contributed by atoms with E-state index < -0.39 is 0 Å². The zero-order chi connectivity index (χ0) is 30.5. The van der Waals surface area contributed by atoms with E-state index in [9.17, 15) is 0 Å². The Kier molecular flexibility index (Phi) is 6.20. The zero-order valence-electron chi connectivity index (χ0n) is 25.1. The minimum atomic E-state index is -0.0414. The van der Waals surface area contributed by atoms with Gasteiger partial charge >= 0.3 is 0 Å². The Hall–Kier alpha value is -6.06. The molecule has 1 N–H and O–H groups in total. The van der Waals surface area contributed by atoms with Crippen LogP contribution in [0.4, 0.5) is 5.69 Å². The second kappa shape index (κ2) is 10.8. The Bertz CT molecular complexity index is 2450. The van der Waals surface area contributed by atoms with Crippen molar-refractivity contribution in [2.24, 2.45) is 4.99 Å². The number of rotatable bonds is 4. The number of aliphatic imine (C=N–C) groups is 1. The van der Waals surface area contributed by atoms with Gasteiger partial charge in [0, 0.05) is 34.5 Å². The molecule has 9 rings (SSSR count). The highest BCUT2D eigenvalue weighted by Crippen LogP contribution is 2.41. The third kappa shape index (κ3) is 4.44. The van der Waals surface area contributed by atoms with Gasteiger partial charge in [0.05, 0.1) is 11.7 Å². The maximum atomic E-state index is 5.39. The van der Waals surface area contributed by atoms with Gasteiger partial charge in [0.15, 0.2) is 0 Å². The van der Waals surface area contributed by atoms with Gasteiger partial charge in [-0.25, -0.2) is 4.99 Å². The van der Waals surface area contributed by atoms with Crippen LogP contribution in [0.25, 0.3) is 54.6 Å². The molecule has 1 aromatic heterocycles. The van der Waals surface area contributed by atoms with Crippen LogP contribution < -0.4 is 5.32 Å². The van der Waals surface area contributed by atoms with E-state index in [4.69, 9.17) is 4.99 Å². The molecule has 1 aliphatic rings. The summed E-state index contributed by atoms with van der Waals surface area (Å²) >= 11 is 0. The fourth-order valence-corrected chi connectivity index (χ4v) is 6.96. The predicted octanol–water partition coefficient (Wildman–Crippen LogP) is 10.6. The van der Waals surface area contributed by atoms with Crippen molar-refractivity contribution in [2.45, 2.75) is 6.04 Å². The van der Waals surface area contributed by atoms with Gasteiger partial charge in [-0.1, -0.05) is 121 Å². The van der Waals surface area contributed by atoms with Gasteiger partial charge in [0.1, 0.15) is 5.84 Å². The fraction of sp³-hybridized carbons (Fsp3) is 0.0233. The maximum Gasteiger partial charge on any atom is 0.134 e. The van der Waals surface area contributed by atoms with Gasteiger partial charge in [-0.15, -0.1) is 0 Å². The number of nitrogens with one attached hydrogen (secondary N) is 1. The molecule has 0 amide bonds. The molecule has 0 saturated carbocycles. The molecule has 0 bridgehead atoms. The molecule has 8 aromatic rings. The molecule has 1 atom stereocenters. The van der Waals surface area contributed by atoms with Crippen LogP contribution in [0.15, 0.2) is 169 Å². The van der Waals surface area contributed by atoms with E-state index in [0.717, 1.165) is 39.2 Å². The first-order chi connectivity index (χ1) is 22.8. The molecule has 0 aliphatic carbocycles. The van der Waals surface area contributed by atoms with Gasteiger partial charge in [-0.2, -0.15) is 0 Å². The van der Waals surface area contributed by atoms with E-state index in [2.05, 4.69) is 156 Å². The first-order valence-corrected chi connectivity index (χ1v) is 15.7. The molecule has 0 spiro atoms. The molecule has 3 nitrogen and oxygen atoms in total. The smallest absolute Gasteiger partial charge is 0.134 e. The minimum Gasteiger partial charge on any atom is -0.359 e. The SMILES string of the molecule is c1ccc(C2NC(c3cc(-c4cccnc4)cc(-c4cc5ccccc5c5ccccc45)c3)=Nc3c2ccc2ccccc32)cc1. The predicted molar refractivity (Wildman–Crippen MR) is 192 cm³/mol. The summed E-state index contributed by atoms with van der Waals surface area (Å²) in [7, 11) is 0. The number of pyridine rings is 1. The van der Waals surface area contributed by atoms with Crippen LogP contribution in [0.2, 0.25) is 0 Å². The number of hydrogen-bond donors (Lipinski definition) is 1. The van der Waals surface area contributed by atoms with Crippen molar-refractivity contribution < 1.29 is 0 Å². The van der Waals surface area contributed by atoms with Crippen LogP contribution in [-0.4, -0.2) is 10.8 Å². The summed E-state index contributed by atoms with van der Waals surface area (Å²) < 4.78 is 0. The Morgan fingerprint density at radius 3 is 2.00 bits per heavy atom. The Labute approximate surface area is 267 Å². The number of hydrogen-bond acceptors (Lipinski definition) is 3. The van der Waals surface area contributed by atoms with Crippen molar-refractivity contribution in [3.63, 3.8) is 0 Å². The summed E-state index contributed by atoms with van der Waals surface area (Å²) in [6.45, 7) is 0. The number of fused-ring (bicyclic) bond motifs is 6. The normalized spacial score (nSPS) is 14.2. The van der Waals surface area contributed by atoms with E-state index >= 15 is 0 Å². The van der Waals surface area contributed by atoms with E-state index in [0.29, 0.717) is 0 Å². The zero-order valence-corrected chi connectivity index (χ0v) is 25.1. The second-order valence-corrected chi connectivity index (χ2v) is 11.9. The van der Waals surface area contributed by atoms with Crippen molar-refractivity contribution >= 4 is 43.8 Å². The highest BCUT2D eigenvalue weighted by Gasteiger charge is 2.26. The van der Waals surface area contributed by atoms with Crippen LogP contribution >= 0.6 is 0 Å². The third-order valence-corrected chi connectivity index (χ3v) is 9.16. The van der Waals surface area contributed by atoms with Crippen molar-refractivity contribution in [3.05, 3.63) is 181 Å². The second-order valence-electron chi connectivity index (χ2n) is 11.9. The topological polar surface area (TPSA) is 37.3 Å². The molecule has 3 heteroatoms. The molecule has 7 aromatic carbocycles. The lowest BCUT2D eigenvalue weighted by atomic mass is 9.89. The van der Waals surface area contributed by atoms with Gasteiger partial charge in [0.25, 0.3) is 0 Å². The van der Waals surface area contributed by atoms with Crippen molar-refractivity contribution in [3.8, 4) is 22.3 Å². The summed E-state index contributed by atoms with van der Waals surface area (Å²) in [5, 5.41) is 11.2. The lowest BCUT2D eigenvalue weighted by Gasteiger charge is -2.29. The monoisotopic (exact) mass is 587 g/mol. The summed E-state index contributed by atoms with van der Waals surface area (Å²) in [5.74, 6) is 0.856. The third-order valence-electron chi connectivity index (χ3n) is 9.16. The quantitative estimate of drug-likeness (QED) is 0.208. The largest absolute Gasteiger partial charge is 0.359 e. The Balaban J connectivity index is 1.31. The molecule has 0 radical (unpaired) electrons. The van der Waals surface area contributed by atoms with E-state index in [1.54, 1.807) is 0 Å². The first-order valence-electron chi connectivity index (χ1n) is 15.7. The molecule has 2 heterocycles. The highest BCUT2D eigenvalue weighted by molar-refractivity contribution is 6.14. The van der Waals surface area contributed by atoms with Crippen LogP contribution in [0.1, 0.15) is 22.7 Å². The van der Waals surface area contributed by atoms with Crippen LogP contribution in [0.5, 0.6) is 0 Å². The molecular weight excluding hydrogens is 558 g/mol. The molecule has 46 heavy (non-hydrogen) atoms. The van der Waals surface area contributed by atoms with Gasteiger partial charge in [-0.3, -0.25) is 4.98 Å². The summed E-state index contributed by atoms with van der Waals surface area (Å²) in [6.07, 6.45) is 3.76. The van der Waals surface area contributed by atoms with Crippen molar-refractivity contribution in [2.75, 3.05) is 0 Å². The summed E-state index contributed by atoms with van der Waals surface area (Å²) in [5.41, 5.74) is 8.94. The first kappa shape index (κ1) is 26.4. The Morgan fingerprint density at radius 1 is 0.478 bits per heavy atom. The number of aromatic nitrogens is 1. The van der Waals surface area contributed by atoms with E-state index in [1.807, 2.05) is 18.5 Å². The summed E-state index contributed by atoms with van der Waals surface area (Å²) in [4.78, 5) is 9.86. The van der Waals surface area contributed by atoms with Gasteiger partial charge < -0.3 is 5.32 Å². The molecule has 1 aliphatic heterocycles. The van der Waals surface area contributed by atoms with Crippen LogP contribution in [0, 0.1) is 0 Å². The van der Waals surface area contributed by atoms with Crippen LogP contribution in [-0.2, 0) is 0 Å².